The van der Waals surface area contributed by atoms with Crippen LogP contribution >= 0.6 is 0 Å². The van der Waals surface area contributed by atoms with E-state index in [0.29, 0.717) is 12.8 Å². The zero-order chi connectivity index (χ0) is 15.3. The molecule has 0 aliphatic rings. The van der Waals surface area contributed by atoms with Crippen LogP contribution in [0.25, 0.3) is 0 Å². The zero-order valence-corrected chi connectivity index (χ0v) is 14.9. The van der Waals surface area contributed by atoms with Gasteiger partial charge in [0.2, 0.25) is 0 Å². The SMILES string of the molecule is CC[C@@H](O)[C@H](O)CCCC(C)O[Si](C)(C)C(C)(C)C. The number of aliphatic hydroxyl groups is 2. The highest BCUT2D eigenvalue weighted by Crippen LogP contribution is 2.37. The molecule has 0 bridgehead atoms. The van der Waals surface area contributed by atoms with Gasteiger partial charge in [0.1, 0.15) is 0 Å². The minimum absolute atomic E-state index is 0.229. The van der Waals surface area contributed by atoms with Gasteiger partial charge < -0.3 is 14.6 Å². The van der Waals surface area contributed by atoms with Gasteiger partial charge in [-0.15, -0.1) is 0 Å². The van der Waals surface area contributed by atoms with Crippen molar-refractivity contribution >= 4 is 8.32 Å². The molecule has 0 heterocycles. The molecular weight excluding hydrogens is 256 g/mol. The van der Waals surface area contributed by atoms with Gasteiger partial charge in [-0.1, -0.05) is 27.7 Å². The summed E-state index contributed by atoms with van der Waals surface area (Å²) < 4.78 is 6.27. The Morgan fingerprint density at radius 1 is 1.05 bits per heavy atom. The van der Waals surface area contributed by atoms with Crippen LogP contribution in [0.3, 0.4) is 0 Å². The molecule has 0 rings (SSSR count). The lowest BCUT2D eigenvalue weighted by molar-refractivity contribution is 0.00992. The largest absolute Gasteiger partial charge is 0.414 e. The fraction of sp³-hybridized carbons (Fsp3) is 1.00. The topological polar surface area (TPSA) is 49.7 Å². The maximum atomic E-state index is 9.71. The van der Waals surface area contributed by atoms with Gasteiger partial charge in [0.25, 0.3) is 0 Å². The second-order valence-corrected chi connectivity index (χ2v) is 11.9. The summed E-state index contributed by atoms with van der Waals surface area (Å²) in [6.07, 6.45) is 2.15. The van der Waals surface area contributed by atoms with E-state index in [4.69, 9.17) is 4.43 Å². The molecule has 0 saturated carbocycles. The van der Waals surface area contributed by atoms with Gasteiger partial charge in [-0.2, -0.15) is 0 Å². The summed E-state index contributed by atoms with van der Waals surface area (Å²) in [6.45, 7) is 15.3. The molecule has 3 nitrogen and oxygen atoms in total. The minimum Gasteiger partial charge on any atom is -0.414 e. The van der Waals surface area contributed by atoms with Crippen molar-refractivity contribution in [2.45, 2.75) is 96.7 Å². The first-order valence-electron chi connectivity index (χ1n) is 7.55. The molecule has 0 aromatic carbocycles. The molecular formula is C15H34O3Si. The maximum Gasteiger partial charge on any atom is 0.192 e. The van der Waals surface area contributed by atoms with E-state index in [2.05, 4.69) is 40.8 Å². The molecule has 0 aromatic heterocycles. The Morgan fingerprint density at radius 3 is 2.00 bits per heavy atom. The molecule has 0 aliphatic heterocycles. The van der Waals surface area contributed by atoms with Crippen LogP contribution in [-0.2, 0) is 4.43 Å². The lowest BCUT2D eigenvalue weighted by Gasteiger charge is -2.38. The van der Waals surface area contributed by atoms with Crippen molar-refractivity contribution in [3.8, 4) is 0 Å². The highest BCUT2D eigenvalue weighted by molar-refractivity contribution is 6.74. The highest BCUT2D eigenvalue weighted by atomic mass is 28.4. The van der Waals surface area contributed by atoms with Crippen molar-refractivity contribution in [3.63, 3.8) is 0 Å². The molecule has 0 aliphatic carbocycles. The fourth-order valence-corrected chi connectivity index (χ4v) is 3.29. The summed E-state index contributed by atoms with van der Waals surface area (Å²) in [7, 11) is -1.69. The maximum absolute atomic E-state index is 9.71. The number of rotatable bonds is 8. The third-order valence-electron chi connectivity index (χ3n) is 4.27. The van der Waals surface area contributed by atoms with Crippen LogP contribution in [-0.4, -0.2) is 36.8 Å². The van der Waals surface area contributed by atoms with Gasteiger partial charge >= 0.3 is 0 Å². The van der Waals surface area contributed by atoms with Crippen LogP contribution < -0.4 is 0 Å². The van der Waals surface area contributed by atoms with E-state index in [-0.39, 0.29) is 11.1 Å². The molecule has 1 unspecified atom stereocenters. The van der Waals surface area contributed by atoms with E-state index in [0.717, 1.165) is 12.8 Å². The number of hydrogen-bond acceptors (Lipinski definition) is 3. The standard InChI is InChI=1S/C15H34O3Si/c1-8-13(16)14(17)11-9-10-12(2)18-19(6,7)15(3,4)5/h12-14,16-17H,8-11H2,1-7H3/t12?,13-,14-/m1/s1. The Labute approximate surface area is 120 Å². The van der Waals surface area contributed by atoms with Crippen LogP contribution in [0.4, 0.5) is 0 Å². The lowest BCUT2D eigenvalue weighted by Crippen LogP contribution is -2.43. The Balaban J connectivity index is 4.04. The van der Waals surface area contributed by atoms with Crippen LogP contribution in [0.15, 0.2) is 0 Å². The summed E-state index contributed by atoms with van der Waals surface area (Å²) in [4.78, 5) is 0. The second kappa shape index (κ2) is 7.77. The summed E-state index contributed by atoms with van der Waals surface area (Å²) in [6, 6.07) is 0. The van der Waals surface area contributed by atoms with Crippen molar-refractivity contribution in [1.29, 1.82) is 0 Å². The molecule has 0 radical (unpaired) electrons. The van der Waals surface area contributed by atoms with E-state index in [9.17, 15) is 10.2 Å². The smallest absolute Gasteiger partial charge is 0.192 e. The van der Waals surface area contributed by atoms with Crippen LogP contribution in [0, 0.1) is 0 Å². The summed E-state index contributed by atoms with van der Waals surface area (Å²) in [5, 5.41) is 19.5. The van der Waals surface area contributed by atoms with E-state index in [1.54, 1.807) is 0 Å². The van der Waals surface area contributed by atoms with Gasteiger partial charge in [0.15, 0.2) is 8.32 Å². The Kier molecular flexibility index (Phi) is 7.81. The predicted molar refractivity (Wildman–Crippen MR) is 83.9 cm³/mol. The average molecular weight is 291 g/mol. The Hall–Kier alpha value is 0.0969. The zero-order valence-electron chi connectivity index (χ0n) is 13.9. The molecule has 19 heavy (non-hydrogen) atoms. The van der Waals surface area contributed by atoms with E-state index in [1.165, 1.54) is 0 Å². The molecule has 0 spiro atoms. The number of hydrogen-bond donors (Lipinski definition) is 2. The van der Waals surface area contributed by atoms with Crippen LogP contribution in [0.5, 0.6) is 0 Å². The summed E-state index contributed by atoms with van der Waals surface area (Å²) >= 11 is 0. The second-order valence-electron chi connectivity index (χ2n) is 7.16. The molecule has 0 fully saturated rings. The van der Waals surface area contributed by atoms with Gasteiger partial charge in [-0.05, 0) is 50.7 Å². The molecule has 2 N–H and O–H groups in total. The van der Waals surface area contributed by atoms with Gasteiger partial charge in [-0.3, -0.25) is 0 Å². The third-order valence-corrected chi connectivity index (χ3v) is 8.88. The quantitative estimate of drug-likeness (QED) is 0.670. The fourth-order valence-electron chi connectivity index (χ4n) is 1.82. The first-order chi connectivity index (χ1) is 8.51. The Bertz CT molecular complexity index is 248. The molecule has 0 saturated heterocycles. The van der Waals surface area contributed by atoms with Crippen molar-refractivity contribution < 1.29 is 14.6 Å². The number of aliphatic hydroxyl groups excluding tert-OH is 2. The minimum atomic E-state index is -1.69. The molecule has 3 atom stereocenters. The van der Waals surface area contributed by atoms with E-state index >= 15 is 0 Å². The summed E-state index contributed by atoms with van der Waals surface area (Å²) in [5.74, 6) is 0. The lowest BCUT2D eigenvalue weighted by atomic mass is 10.0. The predicted octanol–water partition coefficient (Wildman–Crippen LogP) is 3.70. The van der Waals surface area contributed by atoms with Crippen molar-refractivity contribution in [3.05, 3.63) is 0 Å². The van der Waals surface area contributed by atoms with Crippen molar-refractivity contribution in [2.75, 3.05) is 0 Å². The van der Waals surface area contributed by atoms with Crippen molar-refractivity contribution in [1.82, 2.24) is 0 Å². The first kappa shape index (κ1) is 19.1. The monoisotopic (exact) mass is 290 g/mol. The normalized spacial score (nSPS) is 18.2. The molecule has 0 amide bonds. The van der Waals surface area contributed by atoms with E-state index < -0.39 is 20.5 Å². The van der Waals surface area contributed by atoms with E-state index in [1.807, 2.05) is 6.92 Å². The van der Waals surface area contributed by atoms with Crippen LogP contribution in [0.2, 0.25) is 18.1 Å². The third kappa shape index (κ3) is 6.89. The first-order valence-corrected chi connectivity index (χ1v) is 10.5. The molecule has 4 heteroatoms. The van der Waals surface area contributed by atoms with Crippen molar-refractivity contribution in [2.24, 2.45) is 0 Å². The average Bonchev–Trinajstić information content (AvgIpc) is 2.25. The Morgan fingerprint density at radius 2 is 1.58 bits per heavy atom. The van der Waals surface area contributed by atoms with Crippen LogP contribution in [0.1, 0.15) is 60.3 Å². The molecule has 116 valence electrons. The van der Waals surface area contributed by atoms with Gasteiger partial charge in [-0.25, -0.2) is 0 Å². The summed E-state index contributed by atoms with van der Waals surface area (Å²) in [5.41, 5.74) is 0. The van der Waals surface area contributed by atoms with Gasteiger partial charge in [0, 0.05) is 6.10 Å². The van der Waals surface area contributed by atoms with Gasteiger partial charge in [0.05, 0.1) is 12.2 Å². The molecule has 0 aromatic rings. The highest BCUT2D eigenvalue weighted by Gasteiger charge is 2.38.